The summed E-state index contributed by atoms with van der Waals surface area (Å²) >= 11 is 0. The monoisotopic (exact) mass is 559 g/mol. The van der Waals surface area contributed by atoms with Gasteiger partial charge in [0.2, 0.25) is 5.91 Å². The van der Waals surface area contributed by atoms with Gasteiger partial charge < -0.3 is 30.1 Å². The zero-order valence-electron chi connectivity index (χ0n) is 22.7. The Morgan fingerprint density at radius 1 is 0.976 bits per heavy atom. The number of amides is 1. The number of phenols is 3. The van der Waals surface area contributed by atoms with E-state index in [-0.39, 0.29) is 46.5 Å². The molecule has 214 valence electrons. The number of fused-ring (bicyclic) bond motifs is 1. The molecule has 4 rings (SSSR count). The fraction of sp³-hybridized carbons (Fsp3) is 0.281. The number of phenolic OH excluding ortho intramolecular Hbond substituents is 3. The summed E-state index contributed by atoms with van der Waals surface area (Å²) in [5.74, 6) is -1.77. The van der Waals surface area contributed by atoms with E-state index in [1.165, 1.54) is 42.5 Å². The van der Waals surface area contributed by atoms with E-state index in [1.807, 2.05) is 0 Å². The summed E-state index contributed by atoms with van der Waals surface area (Å²) in [6.07, 6.45) is 6.00. The average molecular weight is 560 g/mol. The first kappa shape index (κ1) is 29.2. The summed E-state index contributed by atoms with van der Waals surface area (Å²) in [6.45, 7) is 2.07. The van der Waals surface area contributed by atoms with Gasteiger partial charge in [-0.3, -0.25) is 9.59 Å². The van der Waals surface area contributed by atoms with E-state index in [0.29, 0.717) is 24.0 Å². The van der Waals surface area contributed by atoms with Gasteiger partial charge in [0.05, 0.1) is 6.42 Å². The van der Waals surface area contributed by atoms with E-state index in [9.17, 15) is 29.7 Å². The van der Waals surface area contributed by atoms with Gasteiger partial charge in [-0.2, -0.15) is 0 Å². The first-order valence-electron chi connectivity index (χ1n) is 13.6. The summed E-state index contributed by atoms with van der Waals surface area (Å²) in [5, 5.41) is 32.0. The molecule has 1 heterocycles. The number of carbonyl (C=O) groups is 3. The van der Waals surface area contributed by atoms with Crippen LogP contribution in [0.15, 0.2) is 66.7 Å². The molecule has 0 saturated heterocycles. The highest BCUT2D eigenvalue weighted by Gasteiger charge is 2.33. The molecule has 0 aliphatic carbocycles. The summed E-state index contributed by atoms with van der Waals surface area (Å²) in [6, 6.07) is 14.0. The average Bonchev–Trinajstić information content (AvgIpc) is 2.94. The molecule has 9 heteroatoms. The van der Waals surface area contributed by atoms with Crippen LogP contribution in [-0.4, -0.2) is 39.0 Å². The number of carbonyl (C=O) groups excluding carboxylic acids is 3. The second-order valence-electron chi connectivity index (χ2n) is 9.90. The van der Waals surface area contributed by atoms with Crippen LogP contribution in [0.3, 0.4) is 0 Å². The Balaban J connectivity index is 1.51. The molecule has 0 radical (unpaired) electrons. The lowest BCUT2D eigenvalue weighted by molar-refractivity contribution is -0.139. The number of ether oxygens (including phenoxy) is 2. The Bertz CT molecular complexity index is 1410. The molecular weight excluding hydrogens is 526 g/mol. The van der Waals surface area contributed by atoms with Gasteiger partial charge in [0, 0.05) is 18.2 Å². The molecule has 41 heavy (non-hydrogen) atoms. The highest BCUT2D eigenvalue weighted by Crippen LogP contribution is 2.42. The molecule has 0 spiro atoms. The lowest BCUT2D eigenvalue weighted by atomic mass is 9.95. The highest BCUT2D eigenvalue weighted by molar-refractivity contribution is 6.03. The molecule has 0 saturated carbocycles. The van der Waals surface area contributed by atoms with Crippen LogP contribution < -0.4 is 14.8 Å². The molecule has 3 aromatic carbocycles. The lowest BCUT2D eigenvalue weighted by Crippen LogP contribution is -2.42. The number of rotatable bonds is 11. The number of esters is 1. The molecule has 0 bridgehead atoms. The first-order valence-corrected chi connectivity index (χ1v) is 13.6. The molecule has 0 fully saturated rings. The molecule has 0 aromatic heterocycles. The molecule has 1 aliphatic heterocycles. The van der Waals surface area contributed by atoms with Crippen molar-refractivity contribution in [1.82, 2.24) is 5.32 Å². The molecule has 4 N–H and O–H groups in total. The molecule has 3 aromatic rings. The van der Waals surface area contributed by atoms with Crippen molar-refractivity contribution in [1.29, 1.82) is 0 Å². The Morgan fingerprint density at radius 2 is 1.66 bits per heavy atom. The third-order valence-electron chi connectivity index (χ3n) is 6.71. The van der Waals surface area contributed by atoms with Crippen LogP contribution in [0.5, 0.6) is 28.7 Å². The third kappa shape index (κ3) is 7.88. The van der Waals surface area contributed by atoms with Crippen LogP contribution in [0.25, 0.3) is 6.08 Å². The maximum absolute atomic E-state index is 13.3. The molecule has 9 nitrogen and oxygen atoms in total. The first-order chi connectivity index (χ1) is 19.7. The smallest absolute Gasteiger partial charge is 0.334 e. The highest BCUT2D eigenvalue weighted by atomic mass is 16.5. The zero-order valence-corrected chi connectivity index (χ0v) is 22.7. The number of nitrogens with one attached hydrogen (secondary N) is 1. The Morgan fingerprint density at radius 3 is 2.34 bits per heavy atom. The number of ketones is 1. The van der Waals surface area contributed by atoms with Crippen LogP contribution in [0.1, 0.15) is 73.0 Å². The molecular formula is C32H33NO8. The van der Waals surface area contributed by atoms with E-state index in [4.69, 9.17) is 9.47 Å². The minimum Gasteiger partial charge on any atom is -0.508 e. The van der Waals surface area contributed by atoms with E-state index < -0.39 is 24.0 Å². The van der Waals surface area contributed by atoms with Crippen molar-refractivity contribution >= 4 is 23.7 Å². The molecule has 2 atom stereocenters. The van der Waals surface area contributed by atoms with Crippen molar-refractivity contribution in [2.75, 3.05) is 0 Å². The van der Waals surface area contributed by atoms with E-state index in [1.54, 1.807) is 30.3 Å². The number of unbranched alkanes of at least 4 members (excludes halogenated alkanes) is 3. The standard InChI is InChI=1S/C32H33NO8/c1-2-3-4-5-6-25(33-30(38)16-9-20-7-12-22(34)13-8-20)32(39)41-29-18-24(36)17-28-31(29)26(37)19-27(40-28)21-10-14-23(35)15-11-21/h7-18,25,27,34-36H,2-6,19H2,1H3,(H,33,38)/b16-9+. The van der Waals surface area contributed by atoms with Crippen LogP contribution in [0.4, 0.5) is 0 Å². The minimum absolute atomic E-state index is 0.0354. The SMILES string of the molecule is CCCCCCC(NC(=O)/C=C/c1ccc(O)cc1)C(=O)Oc1cc(O)cc2c1C(=O)CC(c1ccc(O)cc1)O2. The second kappa shape index (κ2) is 13.5. The fourth-order valence-corrected chi connectivity index (χ4v) is 4.55. The van der Waals surface area contributed by atoms with Gasteiger partial charge in [-0.05, 0) is 47.9 Å². The van der Waals surface area contributed by atoms with Crippen molar-refractivity contribution in [3.63, 3.8) is 0 Å². The Labute approximate surface area is 238 Å². The van der Waals surface area contributed by atoms with Crippen LogP contribution in [-0.2, 0) is 9.59 Å². The van der Waals surface area contributed by atoms with Gasteiger partial charge in [0.25, 0.3) is 0 Å². The number of hydrogen-bond acceptors (Lipinski definition) is 8. The van der Waals surface area contributed by atoms with Crippen LogP contribution in [0.2, 0.25) is 0 Å². The van der Waals surface area contributed by atoms with Crippen molar-refractivity contribution in [2.24, 2.45) is 0 Å². The quantitative estimate of drug-likeness (QED) is 0.103. The normalized spacial score (nSPS) is 15.1. The Hall–Kier alpha value is -4.79. The van der Waals surface area contributed by atoms with Gasteiger partial charge in [-0.15, -0.1) is 0 Å². The number of hydrogen-bond donors (Lipinski definition) is 4. The van der Waals surface area contributed by atoms with Crippen molar-refractivity contribution in [3.05, 3.63) is 83.4 Å². The van der Waals surface area contributed by atoms with Crippen molar-refractivity contribution in [3.8, 4) is 28.7 Å². The van der Waals surface area contributed by atoms with E-state index in [0.717, 1.165) is 19.3 Å². The number of aromatic hydroxyl groups is 3. The molecule has 1 amide bonds. The predicted molar refractivity (Wildman–Crippen MR) is 152 cm³/mol. The largest absolute Gasteiger partial charge is 0.508 e. The molecule has 2 unspecified atom stereocenters. The molecule has 1 aliphatic rings. The number of Topliss-reactive ketones (excluding diaryl/α,β-unsaturated/α-hetero) is 1. The summed E-state index contributed by atoms with van der Waals surface area (Å²) in [7, 11) is 0. The zero-order chi connectivity index (χ0) is 29.4. The van der Waals surface area contributed by atoms with Gasteiger partial charge in [0.1, 0.15) is 46.5 Å². The van der Waals surface area contributed by atoms with Gasteiger partial charge >= 0.3 is 5.97 Å². The predicted octanol–water partition coefficient (Wildman–Crippen LogP) is 5.58. The fourth-order valence-electron chi connectivity index (χ4n) is 4.55. The maximum atomic E-state index is 13.3. The van der Waals surface area contributed by atoms with Crippen LogP contribution >= 0.6 is 0 Å². The van der Waals surface area contributed by atoms with E-state index >= 15 is 0 Å². The lowest BCUT2D eigenvalue weighted by Gasteiger charge is -2.27. The second-order valence-corrected chi connectivity index (χ2v) is 9.90. The third-order valence-corrected chi connectivity index (χ3v) is 6.71. The topological polar surface area (TPSA) is 142 Å². The summed E-state index contributed by atoms with van der Waals surface area (Å²) < 4.78 is 11.6. The Kier molecular flexibility index (Phi) is 9.63. The summed E-state index contributed by atoms with van der Waals surface area (Å²) in [4.78, 5) is 39.2. The van der Waals surface area contributed by atoms with Crippen molar-refractivity contribution in [2.45, 2.75) is 57.6 Å². The van der Waals surface area contributed by atoms with Gasteiger partial charge in [0.15, 0.2) is 5.78 Å². The van der Waals surface area contributed by atoms with Gasteiger partial charge in [-0.25, -0.2) is 4.79 Å². The van der Waals surface area contributed by atoms with Crippen molar-refractivity contribution < 1.29 is 39.2 Å². The number of benzene rings is 3. The maximum Gasteiger partial charge on any atom is 0.334 e. The van der Waals surface area contributed by atoms with E-state index in [2.05, 4.69) is 12.2 Å². The van der Waals surface area contributed by atoms with Crippen LogP contribution in [0, 0.1) is 0 Å². The minimum atomic E-state index is -0.994. The summed E-state index contributed by atoms with van der Waals surface area (Å²) in [5.41, 5.74) is 1.39. The van der Waals surface area contributed by atoms with Gasteiger partial charge in [-0.1, -0.05) is 56.9 Å².